The third kappa shape index (κ3) is 8.84. The number of amides is 4. The number of likely N-dealkylation sites (tertiary alicyclic amines) is 2. The van der Waals surface area contributed by atoms with Crippen LogP contribution in [0.2, 0.25) is 0 Å². The Morgan fingerprint density at radius 1 is 0.868 bits per heavy atom. The number of ether oxygens (including phenoxy) is 4. The number of aromatic nitrogens is 2. The highest BCUT2D eigenvalue weighted by Gasteiger charge is 2.51. The van der Waals surface area contributed by atoms with Crippen LogP contribution in [0.5, 0.6) is 5.75 Å². The molecule has 4 aliphatic heterocycles. The van der Waals surface area contributed by atoms with E-state index in [1.54, 1.807) is 39.3 Å². The molecule has 2 saturated heterocycles. The summed E-state index contributed by atoms with van der Waals surface area (Å²) < 4.78 is 64.0. The van der Waals surface area contributed by atoms with E-state index in [1.807, 2.05) is 59.5 Å². The molecule has 356 valence electrons. The first-order valence-electron chi connectivity index (χ1n) is 22.5. The lowest BCUT2D eigenvalue weighted by atomic mass is 9.90. The number of nitrogens with one attached hydrogen (secondary N) is 3. The molecule has 6 atom stereocenters. The maximum atomic E-state index is 14.4. The molecule has 0 radical (unpaired) electrons. The number of hydrogen-bond donors (Lipinski definition) is 3. The number of fused-ring (bicyclic) bond motifs is 6. The van der Waals surface area contributed by atoms with E-state index in [0.717, 1.165) is 62.0 Å². The topological polar surface area (TPSA) is 177 Å². The normalized spacial score (nSPS) is 20.5. The first kappa shape index (κ1) is 46.2. The molecule has 3 N–H and O–H groups in total. The largest absolute Gasteiger partial charge is 0.488 e. The number of alkyl halides is 3. The number of carbonyl (C=O) groups excluding carboxylic acids is 4. The highest BCUT2D eigenvalue weighted by atomic mass is 19.4. The molecule has 4 aromatic carbocycles. The van der Waals surface area contributed by atoms with Crippen molar-refractivity contribution < 1.29 is 51.3 Å². The van der Waals surface area contributed by atoms with Crippen molar-refractivity contribution >= 4 is 46.2 Å². The van der Waals surface area contributed by atoms with E-state index in [9.17, 15) is 32.3 Å². The number of aromatic amines is 1. The van der Waals surface area contributed by atoms with Crippen LogP contribution in [-0.4, -0.2) is 109 Å². The van der Waals surface area contributed by atoms with Gasteiger partial charge in [-0.2, -0.15) is 13.2 Å². The number of H-pyrrole nitrogens is 1. The Kier molecular flexibility index (Phi) is 12.6. The molecule has 0 saturated carbocycles. The summed E-state index contributed by atoms with van der Waals surface area (Å²) in [4.78, 5) is 68.6. The van der Waals surface area contributed by atoms with Gasteiger partial charge in [0.05, 0.1) is 56.4 Å². The average Bonchev–Trinajstić information content (AvgIpc) is 4.17. The van der Waals surface area contributed by atoms with E-state index >= 15 is 0 Å². The molecule has 4 aliphatic rings. The molecular weight excluding hydrogens is 884 g/mol. The van der Waals surface area contributed by atoms with Crippen molar-refractivity contribution in [3.05, 3.63) is 102 Å². The fraction of sp³-hybridized carbons (Fsp3) is 0.400. The van der Waals surface area contributed by atoms with Gasteiger partial charge < -0.3 is 44.4 Å². The lowest BCUT2D eigenvalue weighted by Gasteiger charge is -2.30. The van der Waals surface area contributed by atoms with Crippen LogP contribution in [0.1, 0.15) is 61.3 Å². The molecule has 15 nitrogen and oxygen atoms in total. The van der Waals surface area contributed by atoms with Crippen LogP contribution in [0.15, 0.2) is 84.0 Å². The van der Waals surface area contributed by atoms with Crippen molar-refractivity contribution in [1.29, 1.82) is 0 Å². The van der Waals surface area contributed by atoms with Gasteiger partial charge in [0.1, 0.15) is 30.3 Å². The van der Waals surface area contributed by atoms with Crippen LogP contribution in [0.3, 0.4) is 0 Å². The van der Waals surface area contributed by atoms with Crippen LogP contribution in [0.25, 0.3) is 33.2 Å². The monoisotopic (exact) mass is 935 g/mol. The molecule has 2 unspecified atom stereocenters. The Labute approximate surface area is 390 Å². The second kappa shape index (κ2) is 18.6. The maximum Gasteiger partial charge on any atom is 0.407 e. The van der Waals surface area contributed by atoms with Crippen LogP contribution >= 0.6 is 0 Å². The summed E-state index contributed by atoms with van der Waals surface area (Å²) in [6.07, 6.45) is -3.79. The lowest BCUT2D eigenvalue weighted by molar-refractivity contribution is -0.171. The average molecular weight is 936 g/mol. The zero-order valence-electron chi connectivity index (χ0n) is 38.2. The minimum atomic E-state index is -4.55. The molecule has 5 aromatic rings. The number of hydrogen-bond acceptors (Lipinski definition) is 10. The number of methoxy groups -OCH3 is 3. The number of alkyl carbamates (subject to hydrolysis) is 2. The third-order valence-corrected chi connectivity index (χ3v) is 13.6. The van der Waals surface area contributed by atoms with Crippen LogP contribution in [0, 0.1) is 17.8 Å². The van der Waals surface area contributed by atoms with Gasteiger partial charge in [-0.25, -0.2) is 14.6 Å². The quantitative estimate of drug-likeness (QED) is 0.118. The predicted octanol–water partition coefficient (Wildman–Crippen LogP) is 8.21. The SMILES string of the molecule is COC[C@H]1C[C@@H](C2=Nc3ccc4cc5c(cc4c3C2)OCc2cc(-c3cnc([C@@H]4CC(C(F)(F)F)CN4C(=O)[C@@H](NC(=O)OC)C(C)C)[nH]3)ccc2-5)N(C(=O)C(NC(=O)OC)c2ccccc2)C1. The Morgan fingerprint density at radius 2 is 1.62 bits per heavy atom. The number of benzene rings is 4. The summed E-state index contributed by atoms with van der Waals surface area (Å²) in [7, 11) is 4.06. The van der Waals surface area contributed by atoms with Crippen LogP contribution in [0.4, 0.5) is 28.4 Å². The Morgan fingerprint density at radius 3 is 2.34 bits per heavy atom. The van der Waals surface area contributed by atoms with Crippen molar-refractivity contribution in [2.75, 3.05) is 41.0 Å². The smallest absolute Gasteiger partial charge is 0.407 e. The molecule has 5 heterocycles. The molecule has 0 bridgehead atoms. The number of aliphatic imine (C=N–C) groups is 1. The Hall–Kier alpha value is -6.95. The summed E-state index contributed by atoms with van der Waals surface area (Å²) in [6.45, 7) is 3.97. The third-order valence-electron chi connectivity index (χ3n) is 13.6. The molecule has 1 aromatic heterocycles. The van der Waals surface area contributed by atoms with E-state index in [-0.39, 0.29) is 36.7 Å². The number of imidazole rings is 1. The van der Waals surface area contributed by atoms with Crippen LogP contribution in [-0.2, 0) is 36.8 Å². The van der Waals surface area contributed by atoms with E-state index in [2.05, 4.69) is 31.4 Å². The van der Waals surface area contributed by atoms with Gasteiger partial charge >= 0.3 is 18.4 Å². The van der Waals surface area contributed by atoms with E-state index in [0.29, 0.717) is 43.0 Å². The fourth-order valence-corrected chi connectivity index (χ4v) is 10.1. The van der Waals surface area contributed by atoms with Gasteiger partial charge in [0.25, 0.3) is 0 Å². The Bertz CT molecular complexity index is 2800. The summed E-state index contributed by atoms with van der Waals surface area (Å²) in [5.41, 5.74) is 7.38. The molecule has 68 heavy (non-hydrogen) atoms. The minimum Gasteiger partial charge on any atom is -0.488 e. The Balaban J connectivity index is 0.958. The number of rotatable bonds is 11. The number of halogens is 3. The zero-order valence-corrected chi connectivity index (χ0v) is 38.2. The van der Waals surface area contributed by atoms with Gasteiger partial charge in [-0.15, -0.1) is 0 Å². The maximum absolute atomic E-state index is 14.4. The minimum absolute atomic E-state index is 0.0585. The van der Waals surface area contributed by atoms with E-state index in [4.69, 9.17) is 19.2 Å². The molecule has 0 aliphatic carbocycles. The van der Waals surface area contributed by atoms with E-state index in [1.165, 1.54) is 7.11 Å². The highest BCUT2D eigenvalue weighted by molar-refractivity contribution is 6.07. The standard InChI is InChI=1S/C50H52F3N7O8/c1-26(2)43(57-48(63)66-4)46(61)60-23-32(50(51,52)53)18-41(60)45-54-21-39(56-45)30-11-13-33-31(16-30)25-68-42-20-34-29(17-36(33)42)12-14-37-35(34)19-38(55-37)40-15-27(24-65-3)22-59(40)47(62)44(58-49(64)67-5)28-9-7-6-8-10-28/h6-14,16-17,20-21,26-27,32,40-41,43-44H,15,18-19,22-25H2,1-5H3,(H,54,56)(H,57,63)(H,58,64)/t27-,32?,40-,41-,43-,44?/m0/s1. The van der Waals surface area contributed by atoms with E-state index < -0.39 is 60.8 Å². The molecule has 4 amide bonds. The lowest BCUT2D eigenvalue weighted by Crippen LogP contribution is -2.51. The second-order valence-electron chi connectivity index (χ2n) is 18.1. The molecule has 2 fully saturated rings. The molecular formula is C50H52F3N7O8. The highest BCUT2D eigenvalue weighted by Crippen LogP contribution is 2.46. The summed E-state index contributed by atoms with van der Waals surface area (Å²) in [6, 6.07) is 19.7. The first-order valence-corrected chi connectivity index (χ1v) is 22.5. The van der Waals surface area contributed by atoms with Gasteiger partial charge in [0.15, 0.2) is 0 Å². The molecule has 18 heteroatoms. The number of nitrogens with zero attached hydrogens (tertiary/aromatic N) is 4. The van der Waals surface area contributed by atoms with Crippen molar-refractivity contribution in [3.8, 4) is 28.1 Å². The molecule has 9 rings (SSSR count). The van der Waals surface area contributed by atoms with Gasteiger partial charge in [0, 0.05) is 43.8 Å². The number of carbonyl (C=O) groups is 4. The van der Waals surface area contributed by atoms with Crippen molar-refractivity contribution in [2.24, 2.45) is 22.7 Å². The molecule has 0 spiro atoms. The van der Waals surface area contributed by atoms with Crippen molar-refractivity contribution in [2.45, 2.75) is 70.1 Å². The summed E-state index contributed by atoms with van der Waals surface area (Å²) in [5, 5.41) is 7.19. The van der Waals surface area contributed by atoms with Gasteiger partial charge in [-0.05, 0) is 81.6 Å². The summed E-state index contributed by atoms with van der Waals surface area (Å²) >= 11 is 0. The second-order valence-corrected chi connectivity index (χ2v) is 18.1. The van der Waals surface area contributed by atoms with Crippen LogP contribution < -0.4 is 15.4 Å². The van der Waals surface area contributed by atoms with Gasteiger partial charge in [0.2, 0.25) is 11.8 Å². The van der Waals surface area contributed by atoms with Gasteiger partial charge in [-0.3, -0.25) is 14.6 Å². The zero-order chi connectivity index (χ0) is 48.0. The first-order chi connectivity index (χ1) is 32.6. The van der Waals surface area contributed by atoms with Gasteiger partial charge in [-0.1, -0.05) is 62.4 Å². The predicted molar refractivity (Wildman–Crippen MR) is 245 cm³/mol. The van der Waals surface area contributed by atoms with Crippen molar-refractivity contribution in [1.82, 2.24) is 30.4 Å². The fourth-order valence-electron chi connectivity index (χ4n) is 10.1. The van der Waals surface area contributed by atoms with Crippen molar-refractivity contribution in [3.63, 3.8) is 0 Å². The summed E-state index contributed by atoms with van der Waals surface area (Å²) in [5.74, 6) is -2.15.